The number of rotatable bonds is 8. The van der Waals surface area contributed by atoms with Crippen LogP contribution in [0.15, 0.2) is 47.8 Å². The zero-order valence-electron chi connectivity index (χ0n) is 18.8. The fourth-order valence-corrected chi connectivity index (χ4v) is 5.70. The van der Waals surface area contributed by atoms with Crippen LogP contribution in [0.4, 0.5) is 4.79 Å². The van der Waals surface area contributed by atoms with Crippen molar-refractivity contribution in [1.82, 2.24) is 15.1 Å². The summed E-state index contributed by atoms with van der Waals surface area (Å²) in [7, 11) is 0. The van der Waals surface area contributed by atoms with E-state index in [4.69, 9.17) is 0 Å². The lowest BCUT2D eigenvalue weighted by atomic mass is 9.74. The summed E-state index contributed by atoms with van der Waals surface area (Å²) in [6, 6.07) is 12.2. The topological polar surface area (TPSA) is 86.8 Å². The highest BCUT2D eigenvalue weighted by molar-refractivity contribution is 7.09. The fraction of sp³-hybridized carbons (Fsp3) is 0.440. The molecular formula is C25H29N3O4S. The number of carbonyl (C=O) groups is 4. The molecule has 2 aliphatic rings. The number of imide groups is 1. The first-order chi connectivity index (χ1) is 16.0. The number of likely N-dealkylation sites (tertiary alicyclic amines) is 1. The summed E-state index contributed by atoms with van der Waals surface area (Å²) in [5.41, 5.74) is -0.549. The number of benzene rings is 1. The summed E-state index contributed by atoms with van der Waals surface area (Å²) >= 11 is 1.62. The van der Waals surface area contributed by atoms with Crippen LogP contribution in [0.2, 0.25) is 0 Å². The molecule has 2 saturated heterocycles. The average molecular weight is 468 g/mol. The number of nitrogens with one attached hydrogen (secondary N) is 1. The van der Waals surface area contributed by atoms with Gasteiger partial charge in [0.2, 0.25) is 5.78 Å². The second kappa shape index (κ2) is 9.87. The van der Waals surface area contributed by atoms with Gasteiger partial charge in [-0.3, -0.25) is 19.3 Å². The number of carbonyl (C=O) groups excluding carboxylic acids is 4. The highest BCUT2D eigenvalue weighted by Gasteiger charge is 2.55. The van der Waals surface area contributed by atoms with E-state index in [1.807, 2.05) is 24.4 Å². The monoisotopic (exact) mass is 467 g/mol. The van der Waals surface area contributed by atoms with Gasteiger partial charge in [0.1, 0.15) is 5.54 Å². The van der Waals surface area contributed by atoms with E-state index in [-0.39, 0.29) is 17.9 Å². The van der Waals surface area contributed by atoms with Gasteiger partial charge < -0.3 is 10.2 Å². The quantitative estimate of drug-likeness (QED) is 0.366. The number of nitrogens with zero attached hydrogens (tertiary/aromatic N) is 2. The van der Waals surface area contributed by atoms with Crippen molar-refractivity contribution < 1.29 is 19.2 Å². The molecule has 4 amide bonds. The minimum atomic E-state index is -0.931. The fourth-order valence-electron chi connectivity index (χ4n) is 5.00. The third kappa shape index (κ3) is 4.57. The maximum atomic E-state index is 13.5. The van der Waals surface area contributed by atoms with Gasteiger partial charge in [0.05, 0.1) is 0 Å². The molecule has 1 aromatic carbocycles. The van der Waals surface area contributed by atoms with Crippen LogP contribution in [-0.4, -0.2) is 58.6 Å². The molecule has 174 valence electrons. The molecule has 2 aliphatic heterocycles. The van der Waals surface area contributed by atoms with Crippen LogP contribution in [0, 0.1) is 5.92 Å². The van der Waals surface area contributed by atoms with E-state index < -0.39 is 17.2 Å². The standard InChI is InChI=1S/C25H29N3O4S/c1-2-13-25(23(31)28(24(32)26-25)16-12-20-9-6-17-33-20)19-10-14-27(15-11-19)22(30)21(29)18-7-4-3-5-8-18/h3-9,17,19H,2,10-16H2,1H3,(H,26,32)/t25-/m1/s1. The molecule has 2 fully saturated rings. The Morgan fingerprint density at radius 1 is 1.09 bits per heavy atom. The summed E-state index contributed by atoms with van der Waals surface area (Å²) < 4.78 is 0. The smallest absolute Gasteiger partial charge is 0.325 e. The Bertz CT molecular complexity index is 1020. The van der Waals surface area contributed by atoms with E-state index in [9.17, 15) is 19.2 Å². The van der Waals surface area contributed by atoms with E-state index in [1.165, 1.54) is 4.90 Å². The van der Waals surface area contributed by atoms with Crippen LogP contribution in [-0.2, 0) is 16.0 Å². The summed E-state index contributed by atoms with van der Waals surface area (Å²) in [5.74, 6) is -1.25. The Morgan fingerprint density at radius 2 is 1.82 bits per heavy atom. The van der Waals surface area contributed by atoms with Gasteiger partial charge in [-0.25, -0.2) is 4.79 Å². The summed E-state index contributed by atoms with van der Waals surface area (Å²) in [5, 5.41) is 5.02. The van der Waals surface area contributed by atoms with Crippen LogP contribution in [0.5, 0.6) is 0 Å². The highest BCUT2D eigenvalue weighted by atomic mass is 32.1. The van der Waals surface area contributed by atoms with E-state index >= 15 is 0 Å². The lowest BCUT2D eigenvalue weighted by molar-refractivity contribution is -0.135. The predicted octanol–water partition coefficient (Wildman–Crippen LogP) is 3.50. The number of ketones is 1. The van der Waals surface area contributed by atoms with Crippen molar-refractivity contribution in [3.05, 3.63) is 58.3 Å². The minimum absolute atomic E-state index is 0.0727. The van der Waals surface area contributed by atoms with Crippen LogP contribution in [0.25, 0.3) is 0 Å². The van der Waals surface area contributed by atoms with Crippen molar-refractivity contribution in [1.29, 1.82) is 0 Å². The van der Waals surface area contributed by atoms with Crippen molar-refractivity contribution in [2.24, 2.45) is 5.92 Å². The maximum absolute atomic E-state index is 13.5. The first-order valence-corrected chi connectivity index (χ1v) is 12.4. The van der Waals surface area contributed by atoms with Crippen molar-refractivity contribution in [3.63, 3.8) is 0 Å². The molecule has 0 bridgehead atoms. The second-order valence-electron chi connectivity index (χ2n) is 8.70. The van der Waals surface area contributed by atoms with Gasteiger partial charge in [-0.2, -0.15) is 0 Å². The van der Waals surface area contributed by atoms with E-state index in [0.29, 0.717) is 50.9 Å². The van der Waals surface area contributed by atoms with Gasteiger partial charge in [0, 0.05) is 30.1 Å². The SMILES string of the molecule is CCC[C@]1(C2CCN(C(=O)C(=O)c3ccccc3)CC2)NC(=O)N(CCc2cccs2)C1=O. The highest BCUT2D eigenvalue weighted by Crippen LogP contribution is 2.37. The summed E-state index contributed by atoms with van der Waals surface area (Å²) in [6.07, 6.45) is 3.11. The number of amides is 4. The van der Waals surface area contributed by atoms with E-state index in [1.54, 1.807) is 46.6 Å². The molecule has 0 radical (unpaired) electrons. The van der Waals surface area contributed by atoms with E-state index in [0.717, 1.165) is 11.3 Å². The van der Waals surface area contributed by atoms with Crippen molar-refractivity contribution in [2.75, 3.05) is 19.6 Å². The molecule has 7 nitrogen and oxygen atoms in total. The zero-order chi connectivity index (χ0) is 23.4. The van der Waals surface area contributed by atoms with Gasteiger partial charge in [0.25, 0.3) is 11.8 Å². The van der Waals surface area contributed by atoms with Crippen molar-refractivity contribution >= 4 is 35.0 Å². The number of thiophene rings is 1. The van der Waals surface area contributed by atoms with Crippen molar-refractivity contribution in [3.8, 4) is 0 Å². The molecule has 0 unspecified atom stereocenters. The number of piperidine rings is 1. The lowest BCUT2D eigenvalue weighted by Crippen LogP contribution is -2.57. The van der Waals surface area contributed by atoms with Gasteiger partial charge >= 0.3 is 6.03 Å². The Morgan fingerprint density at radius 3 is 2.45 bits per heavy atom. The van der Waals surface area contributed by atoms with Gasteiger partial charge in [-0.05, 0) is 43.0 Å². The molecule has 1 atom stereocenters. The Hall–Kier alpha value is -3.00. The summed E-state index contributed by atoms with van der Waals surface area (Å²) in [6.45, 7) is 3.16. The van der Waals surface area contributed by atoms with Crippen LogP contribution in [0.3, 0.4) is 0 Å². The lowest BCUT2D eigenvalue weighted by Gasteiger charge is -2.40. The zero-order valence-corrected chi connectivity index (χ0v) is 19.6. The first-order valence-electron chi connectivity index (χ1n) is 11.5. The molecular weight excluding hydrogens is 438 g/mol. The van der Waals surface area contributed by atoms with Crippen LogP contribution in [0.1, 0.15) is 47.8 Å². The number of hydrogen-bond donors (Lipinski definition) is 1. The normalized spacial score (nSPS) is 21.4. The molecule has 0 aliphatic carbocycles. The Labute approximate surface area is 197 Å². The van der Waals surface area contributed by atoms with Crippen LogP contribution < -0.4 is 5.32 Å². The Kier molecular flexibility index (Phi) is 6.93. The van der Waals surface area contributed by atoms with Crippen LogP contribution >= 0.6 is 11.3 Å². The Balaban J connectivity index is 1.42. The molecule has 8 heteroatoms. The molecule has 4 rings (SSSR count). The molecule has 0 spiro atoms. The molecule has 3 heterocycles. The third-order valence-corrected chi connectivity index (χ3v) is 7.65. The molecule has 2 aromatic rings. The first kappa shape index (κ1) is 23.2. The van der Waals surface area contributed by atoms with Gasteiger partial charge in [0.15, 0.2) is 0 Å². The number of urea groups is 1. The molecule has 1 aromatic heterocycles. The number of hydrogen-bond acceptors (Lipinski definition) is 5. The minimum Gasteiger partial charge on any atom is -0.336 e. The third-order valence-electron chi connectivity index (χ3n) is 6.72. The second-order valence-corrected chi connectivity index (χ2v) is 9.73. The largest absolute Gasteiger partial charge is 0.336 e. The van der Waals surface area contributed by atoms with E-state index in [2.05, 4.69) is 5.32 Å². The molecule has 1 N–H and O–H groups in total. The molecule has 33 heavy (non-hydrogen) atoms. The molecule has 0 saturated carbocycles. The maximum Gasteiger partial charge on any atom is 0.325 e. The number of Topliss-reactive ketones (excluding diaryl/α,β-unsaturated/α-hetero) is 1. The van der Waals surface area contributed by atoms with Gasteiger partial charge in [-0.15, -0.1) is 11.3 Å². The van der Waals surface area contributed by atoms with Gasteiger partial charge in [-0.1, -0.05) is 49.7 Å². The average Bonchev–Trinajstić information content (AvgIpc) is 3.44. The summed E-state index contributed by atoms with van der Waals surface area (Å²) in [4.78, 5) is 55.6. The predicted molar refractivity (Wildman–Crippen MR) is 126 cm³/mol. The van der Waals surface area contributed by atoms with Crippen molar-refractivity contribution in [2.45, 2.75) is 44.6 Å².